The summed E-state index contributed by atoms with van der Waals surface area (Å²) in [5, 5.41) is 27.1. The summed E-state index contributed by atoms with van der Waals surface area (Å²) in [4.78, 5) is 43.0. The lowest BCUT2D eigenvalue weighted by atomic mass is 9.83. The van der Waals surface area contributed by atoms with Gasteiger partial charge in [0.25, 0.3) is 15.9 Å². The first-order valence-electron chi connectivity index (χ1n) is 13.8. The van der Waals surface area contributed by atoms with Crippen LogP contribution in [0.2, 0.25) is 0 Å². The third-order valence-corrected chi connectivity index (χ3v) is 8.69. The molecule has 0 saturated carbocycles. The van der Waals surface area contributed by atoms with Gasteiger partial charge in [-0.25, -0.2) is 4.79 Å². The number of cyclic esters (lactones) is 1. The number of Topliss-reactive ketones (excluding diaryl/α,β-unsaturated/α-hetero) is 1. The van der Waals surface area contributed by atoms with Crippen LogP contribution < -0.4 is 10.1 Å². The number of nitrogens with zero attached hydrogens (tertiary/aromatic N) is 1. The van der Waals surface area contributed by atoms with Crippen LogP contribution in [-0.2, 0) is 19.6 Å². The van der Waals surface area contributed by atoms with Gasteiger partial charge in [0, 0.05) is 17.3 Å². The number of sulfonamides is 1. The number of rotatable bonds is 9. The van der Waals surface area contributed by atoms with Crippen LogP contribution in [0, 0.1) is 26.7 Å². The van der Waals surface area contributed by atoms with Crippen LogP contribution in [0.25, 0.3) is 0 Å². The van der Waals surface area contributed by atoms with Crippen LogP contribution in [0.3, 0.4) is 0 Å². The number of ether oxygens (including phenoxy) is 1. The van der Waals surface area contributed by atoms with Gasteiger partial charge in [0.1, 0.15) is 29.2 Å². The highest BCUT2D eigenvalue weighted by Crippen LogP contribution is 2.40. The first-order valence-corrected chi connectivity index (χ1v) is 15.2. The van der Waals surface area contributed by atoms with Gasteiger partial charge in [0.15, 0.2) is 5.78 Å². The standard InChI is InChI=1S/C33H29N3O8S/c1-18-8-13-23(14-9-18)45(42,43)36-35-29(32(40)34-21-11-10-19(2)20(3)16-21)28(30(39)26-15-12-22(37)17-27(26)38)31-24-6-4-5-7-25(24)33(41)44-31/h4-17,28,31,36-38H,1-3H3,(H,34,40)/b35-29+/t28-,31+/m1/s1. The average molecular weight is 628 g/mol. The van der Waals surface area contributed by atoms with E-state index in [-0.39, 0.29) is 27.3 Å². The number of phenolic OH excluding ortho intramolecular Hbond substituents is 2. The molecular weight excluding hydrogens is 598 g/mol. The second-order valence-electron chi connectivity index (χ2n) is 10.6. The van der Waals surface area contributed by atoms with Crippen LogP contribution in [0.15, 0.2) is 94.9 Å². The molecule has 1 amide bonds. The van der Waals surface area contributed by atoms with Crippen molar-refractivity contribution in [2.75, 3.05) is 5.32 Å². The second kappa shape index (κ2) is 12.2. The molecule has 1 heterocycles. The Kier molecular flexibility index (Phi) is 8.42. The molecule has 4 aromatic rings. The quantitative estimate of drug-likeness (QED) is 0.0895. The van der Waals surface area contributed by atoms with Crippen molar-refractivity contribution in [2.24, 2.45) is 11.0 Å². The molecule has 45 heavy (non-hydrogen) atoms. The maximum atomic E-state index is 14.2. The molecular formula is C33H29N3O8S. The van der Waals surface area contributed by atoms with Crippen molar-refractivity contribution in [3.63, 3.8) is 0 Å². The van der Waals surface area contributed by atoms with Crippen molar-refractivity contribution < 1.29 is 37.8 Å². The van der Waals surface area contributed by atoms with Gasteiger partial charge in [-0.15, -0.1) is 0 Å². The van der Waals surface area contributed by atoms with Gasteiger partial charge in [-0.05, 0) is 74.4 Å². The monoisotopic (exact) mass is 627 g/mol. The van der Waals surface area contributed by atoms with E-state index < -0.39 is 51.2 Å². The van der Waals surface area contributed by atoms with Crippen molar-refractivity contribution in [1.29, 1.82) is 0 Å². The summed E-state index contributed by atoms with van der Waals surface area (Å²) in [6.07, 6.45) is -1.43. The topological polar surface area (TPSA) is 171 Å². The number of ketones is 1. The molecule has 0 aliphatic carbocycles. The second-order valence-corrected chi connectivity index (χ2v) is 12.3. The molecule has 0 fully saturated rings. The lowest BCUT2D eigenvalue weighted by Gasteiger charge is -2.24. The lowest BCUT2D eigenvalue weighted by Crippen LogP contribution is -2.40. The zero-order valence-corrected chi connectivity index (χ0v) is 25.3. The molecule has 0 unspecified atom stereocenters. The predicted molar refractivity (Wildman–Crippen MR) is 166 cm³/mol. The van der Waals surface area contributed by atoms with Crippen molar-refractivity contribution in [1.82, 2.24) is 4.83 Å². The van der Waals surface area contributed by atoms with Crippen LogP contribution in [-0.4, -0.2) is 42.0 Å². The molecule has 0 spiro atoms. The van der Waals surface area contributed by atoms with Gasteiger partial charge in [-0.2, -0.15) is 18.4 Å². The number of aryl methyl sites for hydroxylation is 3. The Morgan fingerprint density at radius 1 is 0.889 bits per heavy atom. The van der Waals surface area contributed by atoms with Gasteiger partial charge < -0.3 is 20.3 Å². The Morgan fingerprint density at radius 2 is 1.60 bits per heavy atom. The van der Waals surface area contributed by atoms with Gasteiger partial charge in [0.2, 0.25) is 0 Å². The van der Waals surface area contributed by atoms with Crippen LogP contribution in [0.1, 0.15) is 49.1 Å². The van der Waals surface area contributed by atoms with Crippen LogP contribution in [0.4, 0.5) is 5.69 Å². The Morgan fingerprint density at radius 3 is 2.29 bits per heavy atom. The summed E-state index contributed by atoms with van der Waals surface area (Å²) in [5.74, 6) is -5.35. The van der Waals surface area contributed by atoms with Crippen molar-refractivity contribution in [3.05, 3.63) is 118 Å². The van der Waals surface area contributed by atoms with E-state index in [1.807, 2.05) is 13.8 Å². The normalized spacial score (nSPS) is 15.1. The van der Waals surface area contributed by atoms with E-state index in [2.05, 4.69) is 15.2 Å². The summed E-state index contributed by atoms with van der Waals surface area (Å²) in [6.45, 7) is 5.51. The minimum Gasteiger partial charge on any atom is -0.508 e. The Bertz CT molecular complexity index is 1970. The molecule has 230 valence electrons. The fraction of sp³-hybridized carbons (Fsp3) is 0.152. The van der Waals surface area contributed by atoms with E-state index in [4.69, 9.17) is 4.74 Å². The number of fused-ring (bicyclic) bond motifs is 1. The number of hydrogen-bond donors (Lipinski definition) is 4. The van der Waals surface area contributed by atoms with E-state index in [1.165, 1.54) is 24.3 Å². The Hall–Kier alpha value is -5.49. The molecule has 12 heteroatoms. The molecule has 1 aliphatic heterocycles. The number of anilines is 1. The molecule has 11 nitrogen and oxygen atoms in total. The molecule has 0 radical (unpaired) electrons. The van der Waals surface area contributed by atoms with E-state index >= 15 is 0 Å². The van der Waals surface area contributed by atoms with Crippen LogP contribution in [0.5, 0.6) is 11.5 Å². The number of carbonyl (C=O) groups excluding carboxylic acids is 3. The van der Waals surface area contributed by atoms with E-state index in [1.54, 1.807) is 49.4 Å². The van der Waals surface area contributed by atoms with Gasteiger partial charge in [-0.3, -0.25) is 9.59 Å². The minimum atomic E-state index is -4.34. The molecule has 5 rings (SSSR count). The largest absolute Gasteiger partial charge is 0.508 e. The van der Waals surface area contributed by atoms with Gasteiger partial charge in [0.05, 0.1) is 16.0 Å². The van der Waals surface area contributed by atoms with E-state index in [0.29, 0.717) is 5.69 Å². The maximum Gasteiger partial charge on any atom is 0.339 e. The molecule has 2 atom stereocenters. The Balaban J connectivity index is 1.67. The van der Waals surface area contributed by atoms with Crippen molar-refractivity contribution in [3.8, 4) is 11.5 Å². The van der Waals surface area contributed by atoms with Gasteiger partial charge in [-0.1, -0.05) is 42.0 Å². The van der Waals surface area contributed by atoms with E-state index in [9.17, 15) is 33.0 Å². The summed E-state index contributed by atoms with van der Waals surface area (Å²) < 4.78 is 32.1. The molecule has 0 saturated heterocycles. The smallest absolute Gasteiger partial charge is 0.339 e. The number of hydrogen-bond acceptors (Lipinski definition) is 9. The minimum absolute atomic E-state index is 0.143. The number of esters is 1. The number of carbonyl (C=O) groups is 3. The molecule has 4 N–H and O–H groups in total. The lowest BCUT2D eigenvalue weighted by molar-refractivity contribution is -0.110. The zero-order valence-electron chi connectivity index (χ0n) is 24.4. The predicted octanol–water partition coefficient (Wildman–Crippen LogP) is 4.71. The summed E-state index contributed by atoms with van der Waals surface area (Å²) in [5.41, 5.74) is 2.38. The number of phenols is 2. The SMILES string of the molecule is Cc1ccc(S(=O)(=O)N/N=C(/C(=O)Nc2ccc(C)c(C)c2)[C@H](C(=O)c2ccc(O)cc2O)[C@H]2OC(=O)c3ccccc32)cc1. The number of aromatic hydroxyl groups is 2. The number of nitrogens with one attached hydrogen (secondary N) is 2. The van der Waals surface area contributed by atoms with Crippen LogP contribution >= 0.6 is 0 Å². The highest BCUT2D eigenvalue weighted by atomic mass is 32.2. The van der Waals surface area contributed by atoms with Gasteiger partial charge >= 0.3 is 5.97 Å². The third kappa shape index (κ3) is 6.41. The number of amides is 1. The number of hydrazone groups is 1. The summed E-state index contributed by atoms with van der Waals surface area (Å²) in [7, 11) is -4.34. The molecule has 0 bridgehead atoms. The van der Waals surface area contributed by atoms with E-state index in [0.717, 1.165) is 34.9 Å². The highest BCUT2D eigenvalue weighted by Gasteiger charge is 2.46. The fourth-order valence-corrected chi connectivity index (χ4v) is 5.70. The highest BCUT2D eigenvalue weighted by molar-refractivity contribution is 7.89. The molecule has 4 aromatic carbocycles. The summed E-state index contributed by atoms with van der Waals surface area (Å²) in [6, 6.07) is 20.4. The molecule has 1 aliphatic rings. The third-order valence-electron chi connectivity index (χ3n) is 7.46. The molecule has 0 aromatic heterocycles. The summed E-state index contributed by atoms with van der Waals surface area (Å²) >= 11 is 0. The average Bonchev–Trinajstić information content (AvgIpc) is 3.32. The Labute approximate surface area is 259 Å². The first kappa shape index (κ1) is 31.0. The fourth-order valence-electron chi connectivity index (χ4n) is 4.88. The van der Waals surface area contributed by atoms with Crippen molar-refractivity contribution in [2.45, 2.75) is 31.8 Å². The first-order chi connectivity index (χ1) is 21.4. The van der Waals surface area contributed by atoms with Crippen molar-refractivity contribution >= 4 is 39.1 Å². The number of benzene rings is 4. The maximum absolute atomic E-state index is 14.2. The zero-order chi connectivity index (χ0) is 32.5.